The molecule has 0 aliphatic heterocycles. The number of carbonyl (C=O) groups is 1. The lowest BCUT2D eigenvalue weighted by molar-refractivity contribution is -0.123. The van der Waals surface area contributed by atoms with Gasteiger partial charge in [0.05, 0.1) is 17.3 Å². The predicted octanol–water partition coefficient (Wildman–Crippen LogP) is 3.44. The topological polar surface area (TPSA) is 38.3 Å². The van der Waals surface area contributed by atoms with Crippen LogP contribution in [0, 0.1) is 5.41 Å². The van der Waals surface area contributed by atoms with E-state index in [1.807, 2.05) is 39.0 Å². The molecule has 1 N–H and O–H groups in total. The van der Waals surface area contributed by atoms with Gasteiger partial charge in [-0.2, -0.15) is 0 Å². The van der Waals surface area contributed by atoms with Crippen molar-refractivity contribution in [3.63, 3.8) is 0 Å². The molecule has 3 nitrogen and oxygen atoms in total. The molecule has 1 aromatic rings. The Morgan fingerprint density at radius 3 is 2.50 bits per heavy atom. The van der Waals surface area contributed by atoms with Gasteiger partial charge in [-0.05, 0) is 28.1 Å². The van der Waals surface area contributed by atoms with E-state index in [2.05, 4.69) is 21.2 Å². The minimum atomic E-state index is -0.414. The second-order valence-corrected chi connectivity index (χ2v) is 5.32. The summed E-state index contributed by atoms with van der Waals surface area (Å²) in [5, 5.41) is 2.86. The average Bonchev–Trinajstić information content (AvgIpc) is 2.19. The lowest BCUT2D eigenvalue weighted by Gasteiger charge is -2.18. The third-order valence-corrected chi connectivity index (χ3v) is 2.93. The Hall–Kier alpha value is -1.03. The molecule has 16 heavy (non-hydrogen) atoms. The number of methoxy groups -OCH3 is 1. The molecule has 1 rings (SSSR count). The zero-order valence-corrected chi connectivity index (χ0v) is 11.5. The van der Waals surface area contributed by atoms with E-state index in [0.29, 0.717) is 5.75 Å². The molecular formula is C12H16BrNO2. The SMILES string of the molecule is COc1cccc(NC(=O)C(C)(C)C)c1Br. The van der Waals surface area contributed by atoms with Crippen LogP contribution in [-0.2, 0) is 4.79 Å². The summed E-state index contributed by atoms with van der Waals surface area (Å²) in [4.78, 5) is 11.8. The van der Waals surface area contributed by atoms with E-state index in [1.165, 1.54) is 0 Å². The molecule has 0 heterocycles. The first-order valence-electron chi connectivity index (χ1n) is 5.00. The highest BCUT2D eigenvalue weighted by Gasteiger charge is 2.22. The number of amides is 1. The molecule has 0 spiro atoms. The van der Waals surface area contributed by atoms with Crippen LogP contribution in [0.3, 0.4) is 0 Å². The number of nitrogens with one attached hydrogen (secondary N) is 1. The molecule has 0 unspecified atom stereocenters. The average molecular weight is 286 g/mol. The fourth-order valence-corrected chi connectivity index (χ4v) is 1.60. The van der Waals surface area contributed by atoms with Crippen LogP contribution in [0.5, 0.6) is 5.75 Å². The first-order valence-corrected chi connectivity index (χ1v) is 5.79. The monoisotopic (exact) mass is 285 g/mol. The van der Waals surface area contributed by atoms with Gasteiger partial charge < -0.3 is 10.1 Å². The molecule has 0 aliphatic rings. The van der Waals surface area contributed by atoms with Gasteiger partial charge >= 0.3 is 0 Å². The molecule has 0 aliphatic carbocycles. The predicted molar refractivity (Wildman–Crippen MR) is 68.8 cm³/mol. The quantitative estimate of drug-likeness (QED) is 0.904. The van der Waals surface area contributed by atoms with Gasteiger partial charge in [-0.15, -0.1) is 0 Å². The van der Waals surface area contributed by atoms with Crippen LogP contribution < -0.4 is 10.1 Å². The van der Waals surface area contributed by atoms with Gasteiger partial charge in [-0.1, -0.05) is 26.8 Å². The Morgan fingerprint density at radius 2 is 2.00 bits per heavy atom. The first kappa shape index (κ1) is 13.0. The standard InChI is InChI=1S/C12H16BrNO2/c1-12(2,3)11(15)14-8-6-5-7-9(16-4)10(8)13/h5-7H,1-4H3,(H,14,15). The third kappa shape index (κ3) is 2.98. The van der Waals surface area contributed by atoms with Crippen LogP contribution in [-0.4, -0.2) is 13.0 Å². The van der Waals surface area contributed by atoms with Crippen molar-refractivity contribution in [2.45, 2.75) is 20.8 Å². The summed E-state index contributed by atoms with van der Waals surface area (Å²) in [5.74, 6) is 0.674. The molecule has 0 saturated heterocycles. The van der Waals surface area contributed by atoms with Crippen molar-refractivity contribution in [3.8, 4) is 5.75 Å². The molecule has 1 aromatic carbocycles. The Bertz CT molecular complexity index is 396. The van der Waals surface area contributed by atoms with E-state index in [0.717, 1.165) is 10.2 Å². The Labute approximate surface area is 104 Å². The van der Waals surface area contributed by atoms with Crippen LogP contribution >= 0.6 is 15.9 Å². The second kappa shape index (κ2) is 4.87. The van der Waals surface area contributed by atoms with Crippen molar-refractivity contribution < 1.29 is 9.53 Å². The van der Waals surface area contributed by atoms with Crippen molar-refractivity contribution in [2.24, 2.45) is 5.41 Å². The summed E-state index contributed by atoms with van der Waals surface area (Å²) in [7, 11) is 1.59. The number of halogens is 1. The van der Waals surface area contributed by atoms with Crippen molar-refractivity contribution in [3.05, 3.63) is 22.7 Å². The molecule has 4 heteroatoms. The van der Waals surface area contributed by atoms with Crippen LogP contribution in [0.25, 0.3) is 0 Å². The Balaban J connectivity index is 2.94. The maximum Gasteiger partial charge on any atom is 0.229 e. The van der Waals surface area contributed by atoms with Gasteiger partial charge in [0.15, 0.2) is 0 Å². The number of ether oxygens (including phenoxy) is 1. The highest BCUT2D eigenvalue weighted by atomic mass is 79.9. The van der Waals surface area contributed by atoms with Crippen LogP contribution in [0.1, 0.15) is 20.8 Å². The number of hydrogen-bond acceptors (Lipinski definition) is 2. The summed E-state index contributed by atoms with van der Waals surface area (Å²) in [5.41, 5.74) is 0.307. The van der Waals surface area contributed by atoms with Crippen molar-refractivity contribution >= 4 is 27.5 Å². The number of rotatable bonds is 2. The first-order chi connectivity index (χ1) is 7.36. The highest BCUT2D eigenvalue weighted by Crippen LogP contribution is 2.32. The number of hydrogen-bond donors (Lipinski definition) is 1. The molecule has 0 atom stereocenters. The molecule has 1 amide bonds. The van der Waals surface area contributed by atoms with Crippen molar-refractivity contribution in [2.75, 3.05) is 12.4 Å². The summed E-state index contributed by atoms with van der Waals surface area (Å²) in [6, 6.07) is 5.49. The van der Waals surface area contributed by atoms with E-state index in [-0.39, 0.29) is 5.91 Å². The fourth-order valence-electron chi connectivity index (χ4n) is 1.07. The highest BCUT2D eigenvalue weighted by molar-refractivity contribution is 9.10. The summed E-state index contributed by atoms with van der Waals surface area (Å²) >= 11 is 3.40. The van der Waals surface area contributed by atoms with Gasteiger partial charge in [0.2, 0.25) is 5.91 Å². The van der Waals surface area contributed by atoms with E-state index in [1.54, 1.807) is 7.11 Å². The van der Waals surface area contributed by atoms with E-state index in [4.69, 9.17) is 4.74 Å². The summed E-state index contributed by atoms with van der Waals surface area (Å²) < 4.78 is 5.91. The maximum atomic E-state index is 11.8. The van der Waals surface area contributed by atoms with Crippen LogP contribution in [0.4, 0.5) is 5.69 Å². The molecule has 0 radical (unpaired) electrons. The van der Waals surface area contributed by atoms with E-state index < -0.39 is 5.41 Å². The maximum absolute atomic E-state index is 11.8. The number of carbonyl (C=O) groups excluding carboxylic acids is 1. The Kier molecular flexibility index (Phi) is 3.97. The molecule has 0 aromatic heterocycles. The molecular weight excluding hydrogens is 270 g/mol. The molecule has 0 fully saturated rings. The van der Waals surface area contributed by atoms with Crippen LogP contribution in [0.2, 0.25) is 0 Å². The molecule has 0 bridgehead atoms. The normalized spacial score (nSPS) is 11.1. The number of benzene rings is 1. The smallest absolute Gasteiger partial charge is 0.229 e. The van der Waals surface area contributed by atoms with Crippen molar-refractivity contribution in [1.82, 2.24) is 0 Å². The van der Waals surface area contributed by atoms with Gasteiger partial charge in [0.1, 0.15) is 5.75 Å². The minimum Gasteiger partial charge on any atom is -0.495 e. The minimum absolute atomic E-state index is 0.0264. The van der Waals surface area contributed by atoms with Gasteiger partial charge in [0.25, 0.3) is 0 Å². The zero-order chi connectivity index (χ0) is 12.3. The van der Waals surface area contributed by atoms with Crippen LogP contribution in [0.15, 0.2) is 22.7 Å². The van der Waals surface area contributed by atoms with Gasteiger partial charge in [-0.3, -0.25) is 4.79 Å². The summed E-state index contributed by atoms with van der Waals surface area (Å²) in [6.07, 6.45) is 0. The number of anilines is 1. The van der Waals surface area contributed by atoms with E-state index in [9.17, 15) is 4.79 Å². The Morgan fingerprint density at radius 1 is 1.38 bits per heavy atom. The lowest BCUT2D eigenvalue weighted by Crippen LogP contribution is -2.27. The molecule has 88 valence electrons. The van der Waals surface area contributed by atoms with Gasteiger partial charge in [0, 0.05) is 5.41 Å². The fraction of sp³-hybridized carbons (Fsp3) is 0.417. The third-order valence-electron chi connectivity index (χ3n) is 2.11. The zero-order valence-electron chi connectivity index (χ0n) is 9.93. The second-order valence-electron chi connectivity index (χ2n) is 4.53. The van der Waals surface area contributed by atoms with Gasteiger partial charge in [-0.25, -0.2) is 0 Å². The summed E-state index contributed by atoms with van der Waals surface area (Å²) in [6.45, 7) is 5.61. The van der Waals surface area contributed by atoms with Crippen molar-refractivity contribution in [1.29, 1.82) is 0 Å². The van der Waals surface area contributed by atoms with E-state index >= 15 is 0 Å². The lowest BCUT2D eigenvalue weighted by atomic mass is 9.95. The largest absolute Gasteiger partial charge is 0.495 e. The molecule has 0 saturated carbocycles.